The summed E-state index contributed by atoms with van der Waals surface area (Å²) in [4.78, 5) is 23.3. The number of amides is 1. The molecular formula is C20H13F5N2O5. The maximum atomic E-state index is 14.1. The highest BCUT2D eigenvalue weighted by Crippen LogP contribution is 2.35. The van der Waals surface area contributed by atoms with Crippen molar-refractivity contribution >= 4 is 29.4 Å². The van der Waals surface area contributed by atoms with Gasteiger partial charge in [0.1, 0.15) is 5.69 Å². The summed E-state index contributed by atoms with van der Waals surface area (Å²) in [5, 5.41) is 12.4. The predicted molar refractivity (Wildman–Crippen MR) is 101 cm³/mol. The van der Waals surface area contributed by atoms with E-state index in [-0.39, 0.29) is 27.8 Å². The van der Waals surface area contributed by atoms with Gasteiger partial charge in [-0.05, 0) is 30.7 Å². The average Bonchev–Trinajstić information content (AvgIpc) is 3.03. The fourth-order valence-electron chi connectivity index (χ4n) is 2.81. The number of carbonyl (C=O) groups excluding carboxylic acids is 1. The number of rotatable bonds is 6. The van der Waals surface area contributed by atoms with Gasteiger partial charge in [0, 0.05) is 0 Å². The number of carboxylic acids is 1. The molecule has 0 aromatic heterocycles. The normalized spacial score (nSPS) is 14.7. The van der Waals surface area contributed by atoms with E-state index in [0.29, 0.717) is 5.56 Å². The highest BCUT2D eigenvalue weighted by Gasteiger charge is 2.37. The molecule has 0 saturated carbocycles. The van der Waals surface area contributed by atoms with E-state index < -0.39 is 53.3 Å². The van der Waals surface area contributed by atoms with E-state index in [9.17, 15) is 31.5 Å². The van der Waals surface area contributed by atoms with Gasteiger partial charge in [0.25, 0.3) is 5.91 Å². The highest BCUT2D eigenvalue weighted by molar-refractivity contribution is 6.32. The Morgan fingerprint density at radius 1 is 1.06 bits per heavy atom. The van der Waals surface area contributed by atoms with Crippen molar-refractivity contribution in [3.63, 3.8) is 0 Å². The standard InChI is InChI=1S/C20H13F5N2O5/c1-8-10(5-9-3-4-11(12(6-9)31-2)32-7-13(28)29)20(30)27(26-8)19-17(24)15(22)14(21)16(23)18(19)25/h3-6H,7H2,1-2H3,(H,28,29)/b10-5+. The fraction of sp³-hybridized carbons (Fsp3) is 0.150. The number of halogens is 5. The largest absolute Gasteiger partial charge is 0.493 e. The first-order chi connectivity index (χ1) is 15.1. The van der Waals surface area contributed by atoms with Crippen molar-refractivity contribution in [1.29, 1.82) is 0 Å². The van der Waals surface area contributed by atoms with Crippen molar-refractivity contribution in [2.24, 2.45) is 5.10 Å². The van der Waals surface area contributed by atoms with Gasteiger partial charge in [0.2, 0.25) is 5.82 Å². The molecule has 0 atom stereocenters. The summed E-state index contributed by atoms with van der Waals surface area (Å²) in [6.45, 7) is 0.676. The van der Waals surface area contributed by atoms with Gasteiger partial charge in [-0.3, -0.25) is 4.79 Å². The highest BCUT2D eigenvalue weighted by atomic mass is 19.2. The summed E-state index contributed by atoms with van der Waals surface area (Å²) >= 11 is 0. The minimum absolute atomic E-state index is 0.0517. The zero-order valence-corrected chi connectivity index (χ0v) is 16.4. The lowest BCUT2D eigenvalue weighted by Crippen LogP contribution is -2.25. The molecule has 1 heterocycles. The van der Waals surface area contributed by atoms with E-state index >= 15 is 0 Å². The Morgan fingerprint density at radius 3 is 2.22 bits per heavy atom. The van der Waals surface area contributed by atoms with Crippen LogP contribution >= 0.6 is 0 Å². The number of carboxylic acid groups (broad SMARTS) is 1. The first-order valence-corrected chi connectivity index (χ1v) is 8.72. The van der Waals surface area contributed by atoms with E-state index in [1.807, 2.05) is 0 Å². The number of anilines is 1. The number of ether oxygens (including phenoxy) is 2. The fourth-order valence-corrected chi connectivity index (χ4v) is 2.81. The molecule has 1 aliphatic rings. The molecule has 1 aliphatic heterocycles. The molecule has 1 amide bonds. The van der Waals surface area contributed by atoms with Gasteiger partial charge in [-0.2, -0.15) is 10.1 Å². The average molecular weight is 456 g/mol. The number of aliphatic carboxylic acids is 1. The lowest BCUT2D eigenvalue weighted by molar-refractivity contribution is -0.139. The number of methoxy groups -OCH3 is 1. The second kappa shape index (κ2) is 8.65. The van der Waals surface area contributed by atoms with Crippen LogP contribution in [0, 0.1) is 29.1 Å². The Morgan fingerprint density at radius 2 is 1.66 bits per heavy atom. The van der Waals surface area contributed by atoms with Crippen LogP contribution in [-0.2, 0) is 9.59 Å². The molecule has 0 spiro atoms. The molecule has 168 valence electrons. The Labute approximate surface area is 177 Å². The third-order valence-electron chi connectivity index (χ3n) is 4.31. The van der Waals surface area contributed by atoms with Crippen molar-refractivity contribution < 1.29 is 46.1 Å². The Kier molecular flexibility index (Phi) is 6.14. The lowest BCUT2D eigenvalue weighted by atomic mass is 10.1. The van der Waals surface area contributed by atoms with Crippen LogP contribution < -0.4 is 14.5 Å². The van der Waals surface area contributed by atoms with E-state index in [4.69, 9.17) is 14.6 Å². The predicted octanol–water partition coefficient (Wildman–Crippen LogP) is 3.66. The van der Waals surface area contributed by atoms with Gasteiger partial charge in [-0.1, -0.05) is 6.07 Å². The number of carbonyl (C=O) groups is 2. The van der Waals surface area contributed by atoms with Gasteiger partial charge in [-0.15, -0.1) is 0 Å². The van der Waals surface area contributed by atoms with Crippen LogP contribution in [-0.4, -0.2) is 36.4 Å². The summed E-state index contributed by atoms with van der Waals surface area (Å²) in [6, 6.07) is 4.17. The zero-order valence-electron chi connectivity index (χ0n) is 16.4. The Bertz CT molecular complexity index is 1170. The number of hydrazone groups is 1. The van der Waals surface area contributed by atoms with Crippen LogP contribution in [0.2, 0.25) is 0 Å². The summed E-state index contributed by atoms with van der Waals surface area (Å²) in [7, 11) is 1.29. The number of hydrogen-bond donors (Lipinski definition) is 1. The monoisotopic (exact) mass is 456 g/mol. The second-order valence-electron chi connectivity index (χ2n) is 6.37. The quantitative estimate of drug-likeness (QED) is 0.310. The Hall–Kier alpha value is -3.96. The molecule has 12 heteroatoms. The maximum Gasteiger partial charge on any atom is 0.341 e. The molecule has 0 fully saturated rings. The van der Waals surface area contributed by atoms with Gasteiger partial charge < -0.3 is 14.6 Å². The van der Waals surface area contributed by atoms with Crippen molar-refractivity contribution in [3.05, 3.63) is 58.4 Å². The number of benzene rings is 2. The molecule has 2 aromatic rings. The van der Waals surface area contributed by atoms with Crippen molar-refractivity contribution in [3.8, 4) is 11.5 Å². The zero-order chi connectivity index (χ0) is 23.7. The molecular weight excluding hydrogens is 443 g/mol. The third kappa shape index (κ3) is 3.98. The van der Waals surface area contributed by atoms with Gasteiger partial charge >= 0.3 is 5.97 Å². The molecule has 7 nitrogen and oxygen atoms in total. The summed E-state index contributed by atoms with van der Waals surface area (Å²) in [6.07, 6.45) is 1.25. The molecule has 2 aromatic carbocycles. The minimum Gasteiger partial charge on any atom is -0.493 e. The van der Waals surface area contributed by atoms with Crippen LogP contribution in [0.4, 0.5) is 27.6 Å². The van der Waals surface area contributed by atoms with Crippen LogP contribution in [0.3, 0.4) is 0 Å². The third-order valence-corrected chi connectivity index (χ3v) is 4.31. The molecule has 0 unspecified atom stereocenters. The second-order valence-corrected chi connectivity index (χ2v) is 6.37. The first-order valence-electron chi connectivity index (χ1n) is 8.72. The van der Waals surface area contributed by atoms with Crippen LogP contribution in [0.25, 0.3) is 6.08 Å². The smallest absolute Gasteiger partial charge is 0.341 e. The van der Waals surface area contributed by atoms with Gasteiger partial charge in [0.05, 0.1) is 18.4 Å². The molecule has 0 bridgehead atoms. The summed E-state index contributed by atoms with van der Waals surface area (Å²) in [5.74, 6) is -13.3. The molecule has 32 heavy (non-hydrogen) atoms. The minimum atomic E-state index is -2.36. The maximum absolute atomic E-state index is 14.1. The van der Waals surface area contributed by atoms with E-state index in [1.54, 1.807) is 0 Å². The number of hydrogen-bond acceptors (Lipinski definition) is 5. The summed E-state index contributed by atoms with van der Waals surface area (Å²) < 4.78 is 78.7. The van der Waals surface area contributed by atoms with Crippen LogP contribution in [0.15, 0.2) is 28.9 Å². The number of nitrogens with zero attached hydrogens (tertiary/aromatic N) is 2. The van der Waals surface area contributed by atoms with Crippen molar-refractivity contribution in [2.75, 3.05) is 18.7 Å². The lowest BCUT2D eigenvalue weighted by Gasteiger charge is -2.15. The van der Waals surface area contributed by atoms with E-state index in [1.165, 1.54) is 38.3 Å². The molecule has 3 rings (SSSR count). The van der Waals surface area contributed by atoms with Crippen LogP contribution in [0.5, 0.6) is 11.5 Å². The van der Waals surface area contributed by atoms with E-state index in [2.05, 4.69) is 5.10 Å². The molecule has 0 radical (unpaired) electrons. The van der Waals surface area contributed by atoms with Crippen LogP contribution in [0.1, 0.15) is 12.5 Å². The van der Waals surface area contributed by atoms with Crippen molar-refractivity contribution in [2.45, 2.75) is 6.92 Å². The van der Waals surface area contributed by atoms with Gasteiger partial charge in [-0.25, -0.2) is 26.7 Å². The van der Waals surface area contributed by atoms with Crippen molar-refractivity contribution in [1.82, 2.24) is 0 Å². The molecule has 0 saturated heterocycles. The SMILES string of the molecule is COc1cc(/C=C2/C(=O)N(c3c(F)c(F)c(F)c(F)c3F)N=C2C)ccc1OCC(=O)O. The van der Waals surface area contributed by atoms with Gasteiger partial charge in [0.15, 0.2) is 41.4 Å². The first kappa shape index (κ1) is 22.7. The summed E-state index contributed by atoms with van der Waals surface area (Å²) in [5.41, 5.74) is -1.41. The molecule has 0 aliphatic carbocycles. The Balaban J connectivity index is 1.99. The topological polar surface area (TPSA) is 88.4 Å². The van der Waals surface area contributed by atoms with E-state index in [0.717, 1.165) is 0 Å². The molecule has 1 N–H and O–H groups in total.